The second-order valence-corrected chi connectivity index (χ2v) is 10.4. The van der Waals surface area contributed by atoms with Gasteiger partial charge >= 0.3 is 0 Å². The standard InChI is InChI=1S/C24H23N3O4S/c28-22(23-26-20-5-1-2-6-21(20)27-23)17-7-9-18(10-8-17)31-24-19(4-3-13-25-24)16-11-14-32(29,30)15-12-16/h1-10,13,16,29-30H,11-12,14-15H2,(H,26,27). The van der Waals surface area contributed by atoms with Crippen LogP contribution in [-0.2, 0) is 0 Å². The van der Waals surface area contributed by atoms with Crippen LogP contribution >= 0.6 is 10.6 Å². The largest absolute Gasteiger partial charge is 0.439 e. The number of imidazole rings is 1. The highest BCUT2D eigenvalue weighted by molar-refractivity contribution is 8.24. The number of fused-ring (bicyclic) bond motifs is 1. The Morgan fingerprint density at radius 1 is 1.00 bits per heavy atom. The monoisotopic (exact) mass is 449 g/mol. The Hall–Kier alpha value is -3.20. The summed E-state index contributed by atoms with van der Waals surface area (Å²) >= 11 is 0. The maximum atomic E-state index is 12.8. The van der Waals surface area contributed by atoms with E-state index < -0.39 is 10.6 Å². The molecule has 1 fully saturated rings. The lowest BCUT2D eigenvalue weighted by atomic mass is 9.94. The van der Waals surface area contributed by atoms with Crippen molar-refractivity contribution in [2.45, 2.75) is 18.8 Å². The Labute approximate surface area is 186 Å². The number of ketones is 1. The van der Waals surface area contributed by atoms with Gasteiger partial charge in [-0.15, -0.1) is 0 Å². The first kappa shape index (κ1) is 20.7. The maximum absolute atomic E-state index is 12.8. The summed E-state index contributed by atoms with van der Waals surface area (Å²) in [6.07, 6.45) is 3.05. The average molecular weight is 450 g/mol. The van der Waals surface area contributed by atoms with Crippen LogP contribution in [0.25, 0.3) is 11.0 Å². The minimum atomic E-state index is -2.44. The first-order valence-corrected chi connectivity index (χ1v) is 12.3. The molecular formula is C24H23N3O4S. The molecule has 2 aromatic carbocycles. The summed E-state index contributed by atoms with van der Waals surface area (Å²) in [6.45, 7) is 0. The molecule has 1 aliphatic heterocycles. The highest BCUT2D eigenvalue weighted by Crippen LogP contribution is 2.49. The van der Waals surface area contributed by atoms with Crippen LogP contribution in [0.4, 0.5) is 0 Å². The molecule has 0 atom stereocenters. The predicted molar refractivity (Wildman–Crippen MR) is 125 cm³/mol. The lowest BCUT2D eigenvalue weighted by Crippen LogP contribution is -2.19. The lowest BCUT2D eigenvalue weighted by Gasteiger charge is -2.39. The number of pyridine rings is 1. The Kier molecular flexibility index (Phi) is 5.42. The molecule has 0 saturated carbocycles. The number of carbonyl (C=O) groups excluding carboxylic acids is 1. The Bertz CT molecular complexity index is 1230. The number of aromatic amines is 1. The molecule has 7 nitrogen and oxygen atoms in total. The minimum absolute atomic E-state index is 0.174. The first-order valence-electron chi connectivity index (χ1n) is 10.4. The maximum Gasteiger partial charge on any atom is 0.228 e. The number of aromatic nitrogens is 3. The van der Waals surface area contributed by atoms with Crippen LogP contribution in [0.2, 0.25) is 0 Å². The van der Waals surface area contributed by atoms with E-state index in [2.05, 4.69) is 15.0 Å². The van der Waals surface area contributed by atoms with Gasteiger partial charge in [-0.1, -0.05) is 18.2 Å². The van der Waals surface area contributed by atoms with Crippen molar-refractivity contribution < 1.29 is 18.6 Å². The average Bonchev–Trinajstić information content (AvgIpc) is 3.24. The Morgan fingerprint density at radius 3 is 2.50 bits per heavy atom. The van der Waals surface area contributed by atoms with Gasteiger partial charge in [0.1, 0.15) is 5.75 Å². The Morgan fingerprint density at radius 2 is 1.75 bits per heavy atom. The summed E-state index contributed by atoms with van der Waals surface area (Å²) in [5.74, 6) is 2.18. The number of nitrogens with one attached hydrogen (secondary N) is 1. The van der Waals surface area contributed by atoms with Gasteiger partial charge in [-0.05, 0) is 61.2 Å². The predicted octanol–water partition coefficient (Wildman–Crippen LogP) is 5.61. The van der Waals surface area contributed by atoms with Gasteiger partial charge in [-0.25, -0.2) is 9.97 Å². The molecule has 32 heavy (non-hydrogen) atoms. The van der Waals surface area contributed by atoms with Crippen LogP contribution in [0.5, 0.6) is 11.6 Å². The number of carbonyl (C=O) groups is 1. The molecule has 3 heterocycles. The summed E-state index contributed by atoms with van der Waals surface area (Å²) in [4.78, 5) is 24.6. The number of H-pyrrole nitrogens is 1. The lowest BCUT2D eigenvalue weighted by molar-refractivity contribution is 0.103. The normalized spacial score (nSPS) is 17.2. The molecule has 0 bridgehead atoms. The van der Waals surface area contributed by atoms with Crippen molar-refractivity contribution in [1.29, 1.82) is 0 Å². The van der Waals surface area contributed by atoms with E-state index in [4.69, 9.17) is 4.74 Å². The van der Waals surface area contributed by atoms with Crippen LogP contribution in [0.1, 0.15) is 40.5 Å². The number of hydrogen-bond donors (Lipinski definition) is 3. The molecule has 164 valence electrons. The molecular weight excluding hydrogens is 426 g/mol. The molecule has 0 aliphatic carbocycles. The molecule has 0 radical (unpaired) electrons. The fourth-order valence-electron chi connectivity index (χ4n) is 4.00. The number of nitrogens with zero attached hydrogens (tertiary/aromatic N) is 2. The van der Waals surface area contributed by atoms with Gasteiger partial charge in [0.15, 0.2) is 5.82 Å². The zero-order valence-electron chi connectivity index (χ0n) is 17.3. The molecule has 1 aliphatic rings. The number of ether oxygens (including phenoxy) is 1. The van der Waals surface area contributed by atoms with Crippen molar-refractivity contribution in [1.82, 2.24) is 15.0 Å². The third kappa shape index (κ3) is 4.25. The minimum Gasteiger partial charge on any atom is -0.439 e. The smallest absolute Gasteiger partial charge is 0.228 e. The third-order valence-corrected chi connectivity index (χ3v) is 7.54. The van der Waals surface area contributed by atoms with E-state index in [9.17, 15) is 13.9 Å². The van der Waals surface area contributed by atoms with E-state index in [1.54, 1.807) is 30.5 Å². The number of rotatable bonds is 5. The zero-order valence-corrected chi connectivity index (χ0v) is 18.1. The number of benzene rings is 2. The van der Waals surface area contributed by atoms with Crippen molar-refractivity contribution in [2.24, 2.45) is 0 Å². The van der Waals surface area contributed by atoms with Crippen LogP contribution in [0.3, 0.4) is 0 Å². The van der Waals surface area contributed by atoms with Crippen LogP contribution in [0, 0.1) is 0 Å². The van der Waals surface area contributed by atoms with Gasteiger partial charge in [0, 0.05) is 28.8 Å². The quantitative estimate of drug-likeness (QED) is 0.342. The van der Waals surface area contributed by atoms with Crippen molar-refractivity contribution in [2.75, 3.05) is 11.5 Å². The van der Waals surface area contributed by atoms with Crippen LogP contribution in [0.15, 0.2) is 66.9 Å². The van der Waals surface area contributed by atoms with Gasteiger partial charge in [-0.3, -0.25) is 13.9 Å². The van der Waals surface area contributed by atoms with E-state index in [0.717, 1.165) is 16.6 Å². The van der Waals surface area contributed by atoms with Crippen LogP contribution in [-0.4, -0.2) is 41.3 Å². The summed E-state index contributed by atoms with van der Waals surface area (Å²) in [6, 6.07) is 18.3. The number of para-hydroxylation sites is 2. The van der Waals surface area contributed by atoms with Crippen molar-refractivity contribution in [3.05, 3.63) is 83.8 Å². The van der Waals surface area contributed by atoms with E-state index in [-0.39, 0.29) is 11.7 Å². The van der Waals surface area contributed by atoms with Gasteiger partial charge in [0.05, 0.1) is 11.0 Å². The SMILES string of the molecule is O=C(c1ccc(Oc2ncccc2C2CCS(O)(O)CC2)cc1)c1nc2ccccc2[nH]1. The first-order chi connectivity index (χ1) is 15.5. The molecule has 5 rings (SSSR count). The van der Waals surface area contributed by atoms with Crippen molar-refractivity contribution >= 4 is 27.4 Å². The highest BCUT2D eigenvalue weighted by Gasteiger charge is 2.27. The molecule has 0 spiro atoms. The third-order valence-electron chi connectivity index (χ3n) is 5.76. The van der Waals surface area contributed by atoms with Gasteiger partial charge in [0.25, 0.3) is 0 Å². The van der Waals surface area contributed by atoms with Crippen LogP contribution < -0.4 is 4.74 Å². The van der Waals surface area contributed by atoms with Crippen molar-refractivity contribution in [3.8, 4) is 11.6 Å². The van der Waals surface area contributed by atoms with E-state index in [1.165, 1.54) is 0 Å². The van der Waals surface area contributed by atoms with E-state index in [1.807, 2.05) is 36.4 Å². The fourth-order valence-corrected chi connectivity index (χ4v) is 5.53. The van der Waals surface area contributed by atoms with Crippen molar-refractivity contribution in [3.63, 3.8) is 0 Å². The second kappa shape index (κ2) is 8.38. The topological polar surface area (TPSA) is 108 Å². The molecule has 1 saturated heterocycles. The summed E-state index contributed by atoms with van der Waals surface area (Å²) in [7, 11) is -2.44. The van der Waals surface area contributed by atoms with E-state index in [0.29, 0.717) is 47.4 Å². The highest BCUT2D eigenvalue weighted by atomic mass is 32.3. The van der Waals surface area contributed by atoms with Gasteiger partial charge in [-0.2, -0.15) is 10.6 Å². The van der Waals surface area contributed by atoms with Gasteiger partial charge < -0.3 is 9.72 Å². The fraction of sp³-hybridized carbons (Fsp3) is 0.208. The van der Waals surface area contributed by atoms with Gasteiger partial charge in [0.2, 0.25) is 11.7 Å². The molecule has 4 aromatic rings. The summed E-state index contributed by atoms with van der Waals surface area (Å²) < 4.78 is 25.8. The Balaban J connectivity index is 1.33. The summed E-state index contributed by atoms with van der Waals surface area (Å²) in [5.41, 5.74) is 3.05. The zero-order chi connectivity index (χ0) is 22.1. The second-order valence-electron chi connectivity index (χ2n) is 7.94. The summed E-state index contributed by atoms with van der Waals surface area (Å²) in [5, 5.41) is 0. The molecule has 3 N–H and O–H groups in total. The number of hydrogen-bond acceptors (Lipinski definition) is 6. The van der Waals surface area contributed by atoms with E-state index >= 15 is 0 Å². The molecule has 0 unspecified atom stereocenters. The molecule has 2 aromatic heterocycles. The molecule has 8 heteroatoms. The molecule has 0 amide bonds.